The number of aromatic nitrogens is 1. The van der Waals surface area contributed by atoms with Gasteiger partial charge < -0.3 is 28.9 Å². The van der Waals surface area contributed by atoms with Gasteiger partial charge >= 0.3 is 0 Å². The van der Waals surface area contributed by atoms with E-state index in [4.69, 9.17) is 18.7 Å². The molecule has 3 aliphatic rings. The number of ether oxygens (including phenoxy) is 3. The molecule has 3 atom stereocenters. The molecule has 10 nitrogen and oxygen atoms in total. The van der Waals surface area contributed by atoms with Crippen LogP contribution in [-0.4, -0.2) is 44.9 Å². The molecule has 1 aromatic heterocycles. The van der Waals surface area contributed by atoms with Gasteiger partial charge in [0.05, 0.1) is 17.2 Å². The SMILES string of the molecule is CC(C)Oc1c(C=O)cc(OCc2ccccc2)c2c1C[C@H]1C[C@H]3Cc4onc(OCc5ccccc5)c4C(=O)[C@@]3(O)C(=O)C1=C2O. The highest BCUT2D eigenvalue weighted by Gasteiger charge is 2.62. The van der Waals surface area contributed by atoms with Crippen molar-refractivity contribution in [2.24, 2.45) is 11.8 Å². The number of aliphatic hydroxyl groups excluding tert-OH is 1. The zero-order valence-electron chi connectivity index (χ0n) is 25.9. The van der Waals surface area contributed by atoms with E-state index in [9.17, 15) is 24.6 Å². The third-order valence-corrected chi connectivity index (χ3v) is 9.14. The van der Waals surface area contributed by atoms with E-state index in [1.807, 2.05) is 74.5 Å². The van der Waals surface area contributed by atoms with E-state index in [1.54, 1.807) is 0 Å². The molecule has 0 bridgehead atoms. The topological polar surface area (TPSA) is 145 Å². The Kier molecular flexibility index (Phi) is 7.68. The third-order valence-electron chi connectivity index (χ3n) is 9.14. The van der Waals surface area contributed by atoms with E-state index < -0.39 is 34.8 Å². The molecular formula is C37H33NO9. The van der Waals surface area contributed by atoms with E-state index in [0.29, 0.717) is 17.6 Å². The number of fused-ring (bicyclic) bond motifs is 4. The number of hydrogen-bond acceptors (Lipinski definition) is 10. The lowest BCUT2D eigenvalue weighted by atomic mass is 9.58. The van der Waals surface area contributed by atoms with Crippen molar-refractivity contribution in [3.8, 4) is 17.4 Å². The molecule has 0 radical (unpaired) electrons. The fraction of sp³-hybridized carbons (Fsp3) is 0.297. The first-order valence-corrected chi connectivity index (χ1v) is 15.6. The second kappa shape index (κ2) is 11.9. The molecule has 0 unspecified atom stereocenters. The predicted molar refractivity (Wildman–Crippen MR) is 168 cm³/mol. The highest BCUT2D eigenvalue weighted by molar-refractivity contribution is 6.26. The second-order valence-corrected chi connectivity index (χ2v) is 12.5. The molecule has 0 saturated heterocycles. The maximum Gasteiger partial charge on any atom is 0.265 e. The molecule has 4 aromatic rings. The van der Waals surface area contributed by atoms with Crippen molar-refractivity contribution >= 4 is 23.6 Å². The molecule has 2 N–H and O–H groups in total. The van der Waals surface area contributed by atoms with E-state index in [2.05, 4.69) is 5.16 Å². The number of nitrogens with zero attached hydrogens (tertiary/aromatic N) is 1. The minimum Gasteiger partial charge on any atom is -0.507 e. The molecule has 1 heterocycles. The van der Waals surface area contributed by atoms with Gasteiger partial charge in [0.2, 0.25) is 11.6 Å². The molecule has 10 heteroatoms. The van der Waals surface area contributed by atoms with Crippen molar-refractivity contribution < 1.29 is 43.3 Å². The lowest BCUT2D eigenvalue weighted by Crippen LogP contribution is -2.60. The molecular weight excluding hydrogens is 602 g/mol. The number of carbonyl (C=O) groups is 3. The van der Waals surface area contributed by atoms with Crippen LogP contribution in [0.25, 0.3) is 5.76 Å². The van der Waals surface area contributed by atoms with Crippen molar-refractivity contribution in [3.05, 3.63) is 111 Å². The van der Waals surface area contributed by atoms with Gasteiger partial charge in [-0.2, -0.15) is 0 Å². The summed E-state index contributed by atoms with van der Waals surface area (Å²) in [5.74, 6) is -2.97. The first-order valence-electron chi connectivity index (χ1n) is 15.6. The van der Waals surface area contributed by atoms with Crippen LogP contribution in [0.5, 0.6) is 17.4 Å². The monoisotopic (exact) mass is 635 g/mol. The van der Waals surface area contributed by atoms with Crippen molar-refractivity contribution in [2.45, 2.75) is 58.0 Å². The molecule has 0 amide bonds. The summed E-state index contributed by atoms with van der Waals surface area (Å²) < 4.78 is 23.6. The van der Waals surface area contributed by atoms with Crippen LogP contribution in [-0.2, 0) is 30.8 Å². The number of ketones is 2. The van der Waals surface area contributed by atoms with Gasteiger partial charge in [-0.05, 0) is 55.0 Å². The summed E-state index contributed by atoms with van der Waals surface area (Å²) >= 11 is 0. The van der Waals surface area contributed by atoms with Gasteiger partial charge in [-0.25, -0.2) is 0 Å². The van der Waals surface area contributed by atoms with Crippen molar-refractivity contribution in [1.82, 2.24) is 5.16 Å². The van der Waals surface area contributed by atoms with Crippen molar-refractivity contribution in [3.63, 3.8) is 0 Å². The number of aliphatic hydroxyl groups is 2. The number of aldehydes is 1. The van der Waals surface area contributed by atoms with Crippen molar-refractivity contribution in [2.75, 3.05) is 0 Å². The number of Topliss-reactive ketones (excluding diaryl/α,β-unsaturated/α-hetero) is 2. The third kappa shape index (κ3) is 5.09. The van der Waals surface area contributed by atoms with Gasteiger partial charge in [0.1, 0.15) is 36.0 Å². The molecule has 0 aliphatic heterocycles. The zero-order chi connectivity index (χ0) is 32.9. The summed E-state index contributed by atoms with van der Waals surface area (Å²) in [6, 6.07) is 20.1. The van der Waals surface area contributed by atoms with Gasteiger partial charge in [-0.1, -0.05) is 60.7 Å². The van der Waals surface area contributed by atoms with Gasteiger partial charge in [-0.3, -0.25) is 14.4 Å². The van der Waals surface area contributed by atoms with Gasteiger partial charge in [0.15, 0.2) is 17.6 Å². The highest BCUT2D eigenvalue weighted by Crippen LogP contribution is 2.53. The Morgan fingerprint density at radius 3 is 2.26 bits per heavy atom. The minimum absolute atomic E-state index is 0.0600. The lowest BCUT2D eigenvalue weighted by molar-refractivity contribution is -0.138. The second-order valence-electron chi connectivity index (χ2n) is 12.5. The first-order chi connectivity index (χ1) is 22.7. The Hall–Kier alpha value is -5.22. The van der Waals surface area contributed by atoms with Gasteiger partial charge in [0, 0.05) is 23.5 Å². The lowest BCUT2D eigenvalue weighted by Gasteiger charge is -2.45. The summed E-state index contributed by atoms with van der Waals surface area (Å²) in [7, 11) is 0. The number of hydrogen-bond donors (Lipinski definition) is 2. The van der Waals surface area contributed by atoms with Crippen LogP contribution in [0, 0.1) is 11.8 Å². The Morgan fingerprint density at radius 2 is 1.62 bits per heavy atom. The first kappa shape index (κ1) is 30.4. The molecule has 7 rings (SSSR count). The highest BCUT2D eigenvalue weighted by atomic mass is 16.5. The fourth-order valence-corrected chi connectivity index (χ4v) is 6.99. The average molecular weight is 636 g/mol. The minimum atomic E-state index is -2.47. The van der Waals surface area contributed by atoms with E-state index in [0.717, 1.165) is 11.1 Å². The Bertz CT molecular complexity index is 1910. The molecule has 3 aromatic carbocycles. The fourth-order valence-electron chi connectivity index (χ4n) is 6.99. The molecule has 1 fully saturated rings. The van der Waals surface area contributed by atoms with Crippen LogP contribution in [0.4, 0.5) is 0 Å². The summed E-state index contributed by atoms with van der Waals surface area (Å²) in [6.45, 7) is 3.89. The van der Waals surface area contributed by atoms with Gasteiger partial charge in [-0.15, -0.1) is 0 Å². The molecule has 240 valence electrons. The summed E-state index contributed by atoms with van der Waals surface area (Å²) in [4.78, 5) is 40.7. The molecule has 3 aliphatic carbocycles. The number of benzene rings is 3. The van der Waals surface area contributed by atoms with E-state index in [1.165, 1.54) is 6.07 Å². The normalized spacial score (nSPS) is 21.4. The maximum absolute atomic E-state index is 14.3. The van der Waals surface area contributed by atoms with Crippen LogP contribution in [0.3, 0.4) is 0 Å². The maximum atomic E-state index is 14.3. The number of rotatable bonds is 9. The van der Waals surface area contributed by atoms with Gasteiger partial charge in [0.25, 0.3) is 5.88 Å². The van der Waals surface area contributed by atoms with Crippen LogP contribution in [0.15, 0.2) is 76.8 Å². The standard InChI is InChI=1S/C37H33NO9/c1-20(2)46-33-24(17-39)15-27(44-18-21-9-5-3-6-10-21)30-26(33)14-23-13-25-16-28-31(35(42)37(25,43)34(41)29(23)32(30)40)36(38-47-28)45-19-22-11-7-4-8-12-22/h3-12,15,17,20,23,25,40,43H,13-14,16,18-19H2,1-2H3/t23-,25+,37+/m1/s1. The Balaban J connectivity index is 1.29. The summed E-state index contributed by atoms with van der Waals surface area (Å²) in [5, 5.41) is 27.9. The molecule has 47 heavy (non-hydrogen) atoms. The van der Waals surface area contributed by atoms with Crippen molar-refractivity contribution in [1.29, 1.82) is 0 Å². The van der Waals surface area contributed by atoms with Crippen LogP contribution in [0.1, 0.15) is 69.0 Å². The summed E-state index contributed by atoms with van der Waals surface area (Å²) in [6.07, 6.45) is 0.842. The molecule has 0 spiro atoms. The van der Waals surface area contributed by atoms with Crippen LogP contribution >= 0.6 is 0 Å². The van der Waals surface area contributed by atoms with Crippen LogP contribution in [0.2, 0.25) is 0 Å². The van der Waals surface area contributed by atoms with E-state index >= 15 is 0 Å². The number of carbonyl (C=O) groups excluding carboxylic acids is 3. The Morgan fingerprint density at radius 1 is 0.957 bits per heavy atom. The van der Waals surface area contributed by atoms with Crippen LogP contribution < -0.4 is 14.2 Å². The largest absolute Gasteiger partial charge is 0.507 e. The summed E-state index contributed by atoms with van der Waals surface area (Å²) in [5.41, 5.74) is 0.0580. The molecule has 1 saturated carbocycles. The Labute approximate surface area is 270 Å². The smallest absolute Gasteiger partial charge is 0.265 e. The quantitative estimate of drug-likeness (QED) is 0.175. The average Bonchev–Trinajstić information content (AvgIpc) is 3.48. The zero-order valence-corrected chi connectivity index (χ0v) is 25.9. The van der Waals surface area contributed by atoms with E-state index in [-0.39, 0.29) is 78.2 Å². The predicted octanol–water partition coefficient (Wildman–Crippen LogP) is 5.63.